The Kier molecular flexibility index (Phi) is 5.53. The summed E-state index contributed by atoms with van der Waals surface area (Å²) in [5, 5.41) is 14.3. The molecule has 0 amide bonds. The van der Waals surface area contributed by atoms with Crippen LogP contribution in [0.25, 0.3) is 0 Å². The molecule has 1 aliphatic heterocycles. The minimum atomic E-state index is -0.771. The predicted octanol–water partition coefficient (Wildman–Crippen LogP) is 3.40. The molecule has 2 atom stereocenters. The van der Waals surface area contributed by atoms with Crippen LogP contribution < -0.4 is 10.1 Å². The maximum Gasteiger partial charge on any atom is 0.337 e. The number of aliphatic hydroxyl groups excluding tert-OH is 1. The van der Waals surface area contributed by atoms with Gasteiger partial charge in [-0.25, -0.2) is 4.79 Å². The summed E-state index contributed by atoms with van der Waals surface area (Å²) in [5.74, 6) is 0.253. The summed E-state index contributed by atoms with van der Waals surface area (Å²) in [6, 6.07) is 13.2. The first kappa shape index (κ1) is 19.4. The Morgan fingerprint density at radius 2 is 1.85 bits per heavy atom. The smallest absolute Gasteiger partial charge is 0.337 e. The van der Waals surface area contributed by atoms with Crippen molar-refractivity contribution in [1.29, 1.82) is 0 Å². The highest BCUT2D eigenvalue weighted by atomic mass is 16.5. The Labute approximate surface area is 160 Å². The van der Waals surface area contributed by atoms with Crippen LogP contribution in [0.3, 0.4) is 0 Å². The van der Waals surface area contributed by atoms with E-state index in [1.54, 1.807) is 18.2 Å². The number of hydrogen-bond donors (Lipinski definition) is 2. The first-order valence-corrected chi connectivity index (χ1v) is 9.26. The van der Waals surface area contributed by atoms with Crippen molar-refractivity contribution in [1.82, 2.24) is 5.32 Å². The van der Waals surface area contributed by atoms with Crippen LogP contribution in [0.1, 0.15) is 53.9 Å². The molecule has 2 unspecified atom stereocenters. The molecule has 0 aliphatic carbocycles. The number of fused-ring (bicyclic) bond motifs is 1. The van der Waals surface area contributed by atoms with Crippen LogP contribution in [0.5, 0.6) is 5.75 Å². The summed E-state index contributed by atoms with van der Waals surface area (Å²) in [6.45, 7) is 6.45. The van der Waals surface area contributed by atoms with E-state index >= 15 is 0 Å². The van der Waals surface area contributed by atoms with Gasteiger partial charge < -0.3 is 19.9 Å². The molecule has 5 nitrogen and oxygen atoms in total. The highest BCUT2D eigenvalue weighted by molar-refractivity contribution is 5.89. The Morgan fingerprint density at radius 1 is 1.19 bits per heavy atom. The first-order valence-electron chi connectivity index (χ1n) is 9.26. The maximum absolute atomic E-state index is 11.9. The molecule has 0 fully saturated rings. The van der Waals surface area contributed by atoms with Gasteiger partial charge in [0.15, 0.2) is 0 Å². The largest absolute Gasteiger partial charge is 0.485 e. The molecule has 0 spiro atoms. The number of esters is 1. The fourth-order valence-corrected chi connectivity index (χ4v) is 3.39. The zero-order chi connectivity index (χ0) is 19.6. The van der Waals surface area contributed by atoms with Crippen LogP contribution in [0, 0.1) is 0 Å². The Hall–Kier alpha value is -2.37. The van der Waals surface area contributed by atoms with Crippen LogP contribution in [0.2, 0.25) is 0 Å². The van der Waals surface area contributed by atoms with Gasteiger partial charge >= 0.3 is 5.97 Å². The second-order valence-corrected chi connectivity index (χ2v) is 7.42. The number of aryl methyl sites for hydroxylation is 1. The molecular formula is C22H27NO4. The Balaban J connectivity index is 1.88. The summed E-state index contributed by atoms with van der Waals surface area (Å²) in [7, 11) is 1.35. The fourth-order valence-electron chi connectivity index (χ4n) is 3.39. The molecule has 0 bridgehead atoms. The van der Waals surface area contributed by atoms with Gasteiger partial charge in [-0.3, -0.25) is 0 Å². The number of carbonyl (C=O) groups is 1. The average molecular weight is 369 g/mol. The van der Waals surface area contributed by atoms with Gasteiger partial charge in [0.1, 0.15) is 17.5 Å². The molecule has 0 saturated carbocycles. The van der Waals surface area contributed by atoms with E-state index in [4.69, 9.17) is 9.47 Å². The van der Waals surface area contributed by atoms with Crippen LogP contribution in [-0.2, 0) is 17.7 Å². The third kappa shape index (κ3) is 3.99. The van der Waals surface area contributed by atoms with Crippen LogP contribution in [0.4, 0.5) is 0 Å². The number of aliphatic hydroxyl groups is 1. The predicted molar refractivity (Wildman–Crippen MR) is 104 cm³/mol. The van der Waals surface area contributed by atoms with Crippen LogP contribution >= 0.6 is 0 Å². The van der Waals surface area contributed by atoms with E-state index in [2.05, 4.69) is 36.5 Å². The monoisotopic (exact) mass is 369 g/mol. The van der Waals surface area contributed by atoms with Crippen molar-refractivity contribution in [2.75, 3.05) is 7.11 Å². The quantitative estimate of drug-likeness (QED) is 0.791. The molecule has 2 aromatic carbocycles. The molecule has 144 valence electrons. The highest BCUT2D eigenvalue weighted by Crippen LogP contribution is 2.40. The van der Waals surface area contributed by atoms with E-state index in [9.17, 15) is 9.90 Å². The SMILES string of the molecule is CCc1ccc(CNC2c3cc(C(=O)OC)ccc3OC(C)(C)C2O)cc1. The number of benzene rings is 2. The number of carbonyl (C=O) groups excluding carboxylic acids is 1. The average Bonchev–Trinajstić information content (AvgIpc) is 2.67. The lowest BCUT2D eigenvalue weighted by Gasteiger charge is -2.42. The molecule has 27 heavy (non-hydrogen) atoms. The fraction of sp³-hybridized carbons (Fsp3) is 0.409. The van der Waals surface area contributed by atoms with E-state index in [0.717, 1.165) is 17.5 Å². The molecule has 0 aromatic heterocycles. The van der Waals surface area contributed by atoms with Gasteiger partial charge in [-0.05, 0) is 49.6 Å². The van der Waals surface area contributed by atoms with Gasteiger partial charge in [-0.1, -0.05) is 31.2 Å². The third-order valence-electron chi connectivity index (χ3n) is 5.12. The lowest BCUT2D eigenvalue weighted by Crippen LogP contribution is -2.52. The number of nitrogens with one attached hydrogen (secondary N) is 1. The van der Waals surface area contributed by atoms with E-state index in [0.29, 0.717) is 17.9 Å². The summed E-state index contributed by atoms with van der Waals surface area (Å²) in [5.41, 5.74) is 2.87. The Bertz CT molecular complexity index is 814. The van der Waals surface area contributed by atoms with Gasteiger partial charge in [0.25, 0.3) is 0 Å². The molecule has 5 heteroatoms. The van der Waals surface area contributed by atoms with Crippen molar-refractivity contribution in [3.63, 3.8) is 0 Å². The third-order valence-corrected chi connectivity index (χ3v) is 5.12. The number of ether oxygens (including phenoxy) is 2. The normalized spacial score (nSPS) is 20.5. The van der Waals surface area contributed by atoms with E-state index in [-0.39, 0.29) is 6.04 Å². The molecule has 1 heterocycles. The van der Waals surface area contributed by atoms with E-state index < -0.39 is 17.7 Å². The molecular weight excluding hydrogens is 342 g/mol. The second-order valence-electron chi connectivity index (χ2n) is 7.42. The number of methoxy groups -OCH3 is 1. The minimum absolute atomic E-state index is 0.362. The van der Waals surface area contributed by atoms with Crippen molar-refractivity contribution in [2.45, 2.75) is 51.5 Å². The summed E-state index contributed by atoms with van der Waals surface area (Å²) in [4.78, 5) is 11.9. The van der Waals surface area contributed by atoms with Crippen molar-refractivity contribution in [3.8, 4) is 5.75 Å². The topological polar surface area (TPSA) is 67.8 Å². The summed E-state index contributed by atoms with van der Waals surface area (Å²) >= 11 is 0. The molecule has 1 aliphatic rings. The van der Waals surface area contributed by atoms with E-state index in [1.165, 1.54) is 12.7 Å². The lowest BCUT2D eigenvalue weighted by atomic mass is 9.85. The standard InChI is InChI=1S/C22H27NO4/c1-5-14-6-8-15(9-7-14)13-23-19-17-12-16(21(25)26-4)10-11-18(17)27-22(2,3)20(19)24/h6-12,19-20,23-24H,5,13H2,1-4H3. The van der Waals surface area contributed by atoms with Gasteiger partial charge in [0, 0.05) is 12.1 Å². The van der Waals surface area contributed by atoms with Gasteiger partial charge in [0.05, 0.1) is 18.7 Å². The zero-order valence-corrected chi connectivity index (χ0v) is 16.3. The van der Waals surface area contributed by atoms with Gasteiger partial charge in [-0.15, -0.1) is 0 Å². The van der Waals surface area contributed by atoms with Crippen LogP contribution in [-0.4, -0.2) is 29.9 Å². The molecule has 0 radical (unpaired) electrons. The Morgan fingerprint density at radius 3 is 2.48 bits per heavy atom. The molecule has 0 saturated heterocycles. The minimum Gasteiger partial charge on any atom is -0.485 e. The lowest BCUT2D eigenvalue weighted by molar-refractivity contribution is -0.0649. The maximum atomic E-state index is 11.9. The first-order chi connectivity index (χ1) is 12.9. The summed E-state index contributed by atoms with van der Waals surface area (Å²) in [6.07, 6.45) is 0.234. The number of hydrogen-bond acceptors (Lipinski definition) is 5. The van der Waals surface area contributed by atoms with Crippen molar-refractivity contribution in [3.05, 3.63) is 64.7 Å². The zero-order valence-electron chi connectivity index (χ0n) is 16.3. The molecule has 2 N–H and O–H groups in total. The number of rotatable bonds is 5. The second kappa shape index (κ2) is 7.71. The van der Waals surface area contributed by atoms with Crippen molar-refractivity contribution >= 4 is 5.97 Å². The molecule has 3 rings (SSSR count). The van der Waals surface area contributed by atoms with Crippen molar-refractivity contribution < 1.29 is 19.4 Å². The van der Waals surface area contributed by atoms with Gasteiger partial charge in [0.2, 0.25) is 0 Å². The van der Waals surface area contributed by atoms with Gasteiger partial charge in [-0.2, -0.15) is 0 Å². The van der Waals surface area contributed by atoms with Crippen LogP contribution in [0.15, 0.2) is 42.5 Å². The van der Waals surface area contributed by atoms with E-state index in [1.807, 2.05) is 13.8 Å². The molecule has 2 aromatic rings. The highest BCUT2D eigenvalue weighted by Gasteiger charge is 2.42. The van der Waals surface area contributed by atoms with Crippen molar-refractivity contribution in [2.24, 2.45) is 0 Å². The summed E-state index contributed by atoms with van der Waals surface area (Å²) < 4.78 is 10.8.